The molecule has 0 fully saturated rings. The molecule has 0 aliphatic heterocycles. The van der Waals surface area contributed by atoms with Crippen molar-refractivity contribution in [1.29, 1.82) is 0 Å². The summed E-state index contributed by atoms with van der Waals surface area (Å²) in [6.07, 6.45) is 0.0841. The molecule has 0 radical (unpaired) electrons. The fourth-order valence-electron chi connectivity index (χ4n) is 2.18. The molecule has 0 aromatic heterocycles. The number of carbonyl (C=O) groups is 2. The largest absolute Gasteiger partial charge is 0.511 e. The summed E-state index contributed by atoms with van der Waals surface area (Å²) < 4.78 is 4.53. The minimum atomic E-state index is -1.42. The lowest BCUT2D eigenvalue weighted by molar-refractivity contribution is 0.103. The lowest BCUT2D eigenvalue weighted by Gasteiger charge is -2.19. The SMILES string of the molecule is O=C(O)OC1=Cc2cc(C(=O)c3ccccc3)c(O)cc21. The van der Waals surface area contributed by atoms with E-state index in [4.69, 9.17) is 5.11 Å². The van der Waals surface area contributed by atoms with Crippen molar-refractivity contribution >= 4 is 23.8 Å². The first-order valence-electron chi connectivity index (χ1n) is 6.16. The quantitative estimate of drug-likeness (QED) is 0.667. The van der Waals surface area contributed by atoms with Crippen molar-refractivity contribution in [1.82, 2.24) is 0 Å². The highest BCUT2D eigenvalue weighted by atomic mass is 16.7. The van der Waals surface area contributed by atoms with Crippen molar-refractivity contribution in [3.63, 3.8) is 0 Å². The average molecular weight is 282 g/mol. The minimum Gasteiger partial charge on any atom is -0.507 e. The molecule has 1 aliphatic carbocycles. The van der Waals surface area contributed by atoms with Crippen LogP contribution in [0.25, 0.3) is 11.8 Å². The molecule has 0 bridgehead atoms. The van der Waals surface area contributed by atoms with Crippen LogP contribution in [0.3, 0.4) is 0 Å². The highest BCUT2D eigenvalue weighted by Gasteiger charge is 2.25. The number of ketones is 1. The molecule has 0 saturated heterocycles. The van der Waals surface area contributed by atoms with E-state index in [1.165, 1.54) is 18.2 Å². The van der Waals surface area contributed by atoms with Crippen molar-refractivity contribution in [3.05, 3.63) is 64.7 Å². The van der Waals surface area contributed by atoms with E-state index in [9.17, 15) is 14.7 Å². The van der Waals surface area contributed by atoms with E-state index in [2.05, 4.69) is 4.74 Å². The van der Waals surface area contributed by atoms with Crippen LogP contribution in [-0.4, -0.2) is 22.2 Å². The molecule has 104 valence electrons. The predicted octanol–water partition coefficient (Wildman–Crippen LogP) is 3.13. The molecular formula is C16H10O5. The number of rotatable bonds is 3. The standard InChI is InChI=1S/C16H10O5/c17-13-8-11-10(7-14(11)21-16(19)20)6-12(13)15(18)9-4-2-1-3-5-9/h1-8,17H,(H,19,20). The van der Waals surface area contributed by atoms with Crippen molar-refractivity contribution < 1.29 is 24.5 Å². The van der Waals surface area contributed by atoms with E-state index < -0.39 is 6.16 Å². The Morgan fingerprint density at radius 2 is 1.76 bits per heavy atom. The molecule has 5 nitrogen and oxygen atoms in total. The van der Waals surface area contributed by atoms with Gasteiger partial charge in [-0.2, -0.15) is 0 Å². The molecule has 2 aromatic carbocycles. The summed E-state index contributed by atoms with van der Waals surface area (Å²) in [7, 11) is 0. The predicted molar refractivity (Wildman–Crippen MR) is 75.0 cm³/mol. The Labute approximate surface area is 119 Å². The lowest BCUT2D eigenvalue weighted by atomic mass is 9.90. The molecule has 0 spiro atoms. The highest BCUT2D eigenvalue weighted by Crippen LogP contribution is 2.38. The van der Waals surface area contributed by atoms with E-state index in [0.29, 0.717) is 16.7 Å². The van der Waals surface area contributed by atoms with Gasteiger partial charge in [-0.3, -0.25) is 4.79 Å². The second-order valence-corrected chi connectivity index (χ2v) is 4.53. The van der Waals surface area contributed by atoms with Crippen molar-refractivity contribution in [2.45, 2.75) is 0 Å². The van der Waals surface area contributed by atoms with Crippen molar-refractivity contribution in [2.24, 2.45) is 0 Å². The third-order valence-electron chi connectivity index (χ3n) is 3.20. The highest BCUT2D eigenvalue weighted by molar-refractivity contribution is 6.12. The van der Waals surface area contributed by atoms with E-state index in [1.54, 1.807) is 30.3 Å². The first-order valence-corrected chi connectivity index (χ1v) is 6.16. The molecule has 1 aliphatic rings. The number of phenols is 1. The van der Waals surface area contributed by atoms with Gasteiger partial charge >= 0.3 is 6.16 Å². The molecule has 2 aromatic rings. The van der Waals surface area contributed by atoms with Gasteiger partial charge in [-0.05, 0) is 23.8 Å². The zero-order valence-electron chi connectivity index (χ0n) is 10.7. The molecule has 3 rings (SSSR count). The normalized spacial score (nSPS) is 11.9. The zero-order chi connectivity index (χ0) is 15.0. The van der Waals surface area contributed by atoms with Gasteiger partial charge in [0.1, 0.15) is 11.5 Å². The summed E-state index contributed by atoms with van der Waals surface area (Å²) in [5.74, 6) is -0.342. The lowest BCUT2D eigenvalue weighted by Crippen LogP contribution is -2.09. The smallest absolute Gasteiger partial charge is 0.507 e. The monoisotopic (exact) mass is 282 g/mol. The molecule has 21 heavy (non-hydrogen) atoms. The maximum atomic E-state index is 12.3. The molecule has 0 unspecified atom stereocenters. The molecule has 0 amide bonds. The molecule has 0 heterocycles. The first kappa shape index (κ1) is 12.9. The van der Waals surface area contributed by atoms with Crippen LogP contribution in [0.15, 0.2) is 42.5 Å². The van der Waals surface area contributed by atoms with Gasteiger partial charge in [-0.15, -0.1) is 0 Å². The van der Waals surface area contributed by atoms with E-state index in [1.807, 2.05) is 0 Å². The van der Waals surface area contributed by atoms with Gasteiger partial charge in [0.2, 0.25) is 0 Å². The Kier molecular flexibility index (Phi) is 2.95. The summed E-state index contributed by atoms with van der Waals surface area (Å²) in [6.45, 7) is 0. The Morgan fingerprint density at radius 3 is 2.43 bits per heavy atom. The molecule has 0 atom stereocenters. The fraction of sp³-hybridized carbons (Fsp3) is 0. The van der Waals surface area contributed by atoms with Crippen LogP contribution >= 0.6 is 0 Å². The van der Waals surface area contributed by atoms with Crippen LogP contribution in [0, 0.1) is 0 Å². The van der Waals surface area contributed by atoms with Crippen LogP contribution in [0.1, 0.15) is 27.0 Å². The molecular weight excluding hydrogens is 272 g/mol. The second-order valence-electron chi connectivity index (χ2n) is 4.53. The third-order valence-corrected chi connectivity index (χ3v) is 3.20. The summed E-state index contributed by atoms with van der Waals surface area (Å²) in [4.78, 5) is 22.8. The summed E-state index contributed by atoms with van der Waals surface area (Å²) in [6, 6.07) is 11.5. The summed E-state index contributed by atoms with van der Waals surface area (Å²) >= 11 is 0. The van der Waals surface area contributed by atoms with Crippen molar-refractivity contribution in [3.8, 4) is 5.75 Å². The molecule has 2 N–H and O–H groups in total. The third kappa shape index (κ3) is 2.25. The van der Waals surface area contributed by atoms with Crippen molar-refractivity contribution in [2.75, 3.05) is 0 Å². The number of carbonyl (C=O) groups excluding carboxylic acids is 1. The average Bonchev–Trinajstić information content (AvgIpc) is 2.47. The van der Waals surface area contributed by atoms with Crippen LogP contribution in [0.4, 0.5) is 4.79 Å². The Morgan fingerprint density at radius 1 is 1.05 bits per heavy atom. The van der Waals surface area contributed by atoms with Gasteiger partial charge < -0.3 is 14.9 Å². The first-order chi connectivity index (χ1) is 10.1. The number of fused-ring (bicyclic) bond motifs is 1. The number of benzene rings is 2. The van der Waals surface area contributed by atoms with Gasteiger partial charge in [0, 0.05) is 11.1 Å². The summed E-state index contributed by atoms with van der Waals surface area (Å²) in [5.41, 5.74) is 1.77. The maximum Gasteiger partial charge on any atom is 0.511 e. The Balaban J connectivity index is 1.94. The number of hydrogen-bond acceptors (Lipinski definition) is 4. The van der Waals surface area contributed by atoms with Gasteiger partial charge in [-0.1, -0.05) is 30.3 Å². The van der Waals surface area contributed by atoms with Crippen LogP contribution in [-0.2, 0) is 4.74 Å². The van der Waals surface area contributed by atoms with E-state index >= 15 is 0 Å². The van der Waals surface area contributed by atoms with Gasteiger partial charge in [0.05, 0.1) is 5.56 Å². The van der Waals surface area contributed by atoms with Gasteiger partial charge in [0.15, 0.2) is 5.78 Å². The maximum absolute atomic E-state index is 12.3. The number of hydrogen-bond donors (Lipinski definition) is 2. The molecule has 5 heteroatoms. The minimum absolute atomic E-state index is 0.159. The summed E-state index contributed by atoms with van der Waals surface area (Å²) in [5, 5.41) is 18.5. The van der Waals surface area contributed by atoms with Crippen LogP contribution in [0.5, 0.6) is 5.75 Å². The zero-order valence-corrected chi connectivity index (χ0v) is 10.7. The van der Waals surface area contributed by atoms with E-state index in [0.717, 1.165) is 0 Å². The number of carboxylic acid groups (broad SMARTS) is 1. The number of phenolic OH excluding ortho intramolecular Hbond substituents is 1. The topological polar surface area (TPSA) is 83.8 Å². The number of aromatic hydroxyl groups is 1. The van der Waals surface area contributed by atoms with E-state index in [-0.39, 0.29) is 22.9 Å². The Hall–Kier alpha value is -3.08. The van der Waals surface area contributed by atoms with Gasteiger partial charge in [0.25, 0.3) is 0 Å². The Bertz CT molecular complexity index is 775. The molecule has 0 saturated carbocycles. The van der Waals surface area contributed by atoms with Crippen LogP contribution in [0.2, 0.25) is 0 Å². The van der Waals surface area contributed by atoms with Gasteiger partial charge in [-0.25, -0.2) is 4.79 Å². The number of ether oxygens (including phenoxy) is 1. The van der Waals surface area contributed by atoms with Crippen LogP contribution < -0.4 is 0 Å². The fourth-order valence-corrected chi connectivity index (χ4v) is 2.18. The second kappa shape index (κ2) is 4.79.